The predicted octanol–water partition coefficient (Wildman–Crippen LogP) is 4.49. The number of rotatable bonds is 7. The Morgan fingerprint density at radius 2 is 2.00 bits per heavy atom. The Balaban J connectivity index is 1.84. The Morgan fingerprint density at radius 3 is 2.63 bits per heavy atom. The molecule has 0 N–H and O–H groups in total. The number of nitrogens with zero attached hydrogens (tertiary/aromatic N) is 2. The third kappa shape index (κ3) is 4.51. The number of sulfonamides is 1. The first-order chi connectivity index (χ1) is 14.2. The third-order valence-corrected chi connectivity index (χ3v) is 7.74. The smallest absolute Gasteiger partial charge is 0.243 e. The zero-order valence-electron chi connectivity index (χ0n) is 17.1. The highest BCUT2D eigenvalue weighted by molar-refractivity contribution is 9.10. The first kappa shape index (κ1) is 23.1. The van der Waals surface area contributed by atoms with Crippen LogP contribution in [0.2, 0.25) is 5.02 Å². The highest BCUT2D eigenvalue weighted by Gasteiger charge is 2.34. The number of carbonyl (C=O) groups excluding carboxylic acids is 1. The van der Waals surface area contributed by atoms with Gasteiger partial charge in [0.1, 0.15) is 5.75 Å². The number of benzene rings is 2. The molecule has 9 heteroatoms. The predicted molar refractivity (Wildman–Crippen MR) is 122 cm³/mol. The van der Waals surface area contributed by atoms with Crippen molar-refractivity contribution in [3.05, 3.63) is 51.5 Å². The Morgan fingerprint density at radius 1 is 1.27 bits per heavy atom. The molecule has 0 radical (unpaired) electrons. The van der Waals surface area contributed by atoms with Gasteiger partial charge < -0.3 is 9.64 Å². The van der Waals surface area contributed by atoms with E-state index in [1.165, 1.54) is 22.5 Å². The molecule has 1 aliphatic rings. The summed E-state index contributed by atoms with van der Waals surface area (Å²) in [6.07, 6.45) is 0.730. The minimum absolute atomic E-state index is 0.0319. The second-order valence-corrected chi connectivity index (χ2v) is 10.3. The van der Waals surface area contributed by atoms with Gasteiger partial charge in [-0.2, -0.15) is 4.31 Å². The highest BCUT2D eigenvalue weighted by atomic mass is 79.9. The topological polar surface area (TPSA) is 66.9 Å². The number of anilines is 1. The maximum absolute atomic E-state index is 13.2. The molecule has 1 aliphatic heterocycles. The van der Waals surface area contributed by atoms with Gasteiger partial charge in [0, 0.05) is 22.7 Å². The van der Waals surface area contributed by atoms with E-state index >= 15 is 0 Å². The van der Waals surface area contributed by atoms with Gasteiger partial charge in [0.15, 0.2) is 0 Å². The van der Waals surface area contributed by atoms with Gasteiger partial charge in [-0.3, -0.25) is 4.79 Å². The van der Waals surface area contributed by atoms with Crippen molar-refractivity contribution in [3.8, 4) is 5.75 Å². The second-order valence-electron chi connectivity index (χ2n) is 7.05. The lowest BCUT2D eigenvalue weighted by molar-refractivity contribution is -0.119. The molecule has 0 aromatic heterocycles. The van der Waals surface area contributed by atoms with E-state index in [4.69, 9.17) is 16.3 Å². The van der Waals surface area contributed by atoms with Crippen molar-refractivity contribution in [2.75, 3.05) is 24.6 Å². The van der Waals surface area contributed by atoms with Crippen LogP contribution in [0.4, 0.5) is 5.69 Å². The Hall–Kier alpha value is -1.61. The minimum Gasteiger partial charge on any atom is -0.492 e. The first-order valence-corrected chi connectivity index (χ1v) is 12.3. The van der Waals surface area contributed by atoms with Crippen molar-refractivity contribution in [1.29, 1.82) is 0 Å². The number of hydrogen-bond donors (Lipinski definition) is 0. The van der Waals surface area contributed by atoms with E-state index in [0.29, 0.717) is 12.4 Å². The number of amides is 1. The number of fused-ring (bicyclic) bond motifs is 1. The molecule has 1 heterocycles. The minimum atomic E-state index is -3.89. The van der Waals surface area contributed by atoms with Gasteiger partial charge in [-0.05, 0) is 62.2 Å². The number of hydrogen-bond acceptors (Lipinski definition) is 4. The standard InChI is InChI=1S/C21H24BrClN2O4S/c1-4-24(30(27,28)17-7-9-20(29-5-2)18(23)12-17)13-21(26)25-14(3)10-15-11-16(22)6-8-19(15)25/h6-9,11-12,14H,4-5,10,13H2,1-3H3/t14-/m0/s1. The van der Waals surface area contributed by atoms with Crippen LogP contribution in [0.3, 0.4) is 0 Å². The van der Waals surface area contributed by atoms with Gasteiger partial charge in [0.05, 0.1) is 23.1 Å². The average molecular weight is 516 g/mol. The average Bonchev–Trinajstić information content (AvgIpc) is 3.02. The Kier molecular flexibility index (Phi) is 7.12. The fourth-order valence-electron chi connectivity index (χ4n) is 3.64. The molecule has 0 fully saturated rings. The highest BCUT2D eigenvalue weighted by Crippen LogP contribution is 2.34. The van der Waals surface area contributed by atoms with Crippen molar-refractivity contribution in [3.63, 3.8) is 0 Å². The lowest BCUT2D eigenvalue weighted by Gasteiger charge is -2.27. The van der Waals surface area contributed by atoms with Crippen molar-refractivity contribution in [2.45, 2.75) is 38.1 Å². The van der Waals surface area contributed by atoms with Crippen molar-refractivity contribution in [1.82, 2.24) is 4.31 Å². The molecule has 0 spiro atoms. The summed E-state index contributed by atoms with van der Waals surface area (Å²) in [5.41, 5.74) is 1.89. The Labute approximate surface area is 190 Å². The molecule has 1 atom stereocenters. The fourth-order valence-corrected chi connectivity index (χ4v) is 5.77. The van der Waals surface area contributed by atoms with Crippen molar-refractivity contribution < 1.29 is 17.9 Å². The van der Waals surface area contributed by atoms with Gasteiger partial charge in [0.2, 0.25) is 15.9 Å². The first-order valence-electron chi connectivity index (χ1n) is 9.72. The SMILES string of the molecule is CCOc1ccc(S(=O)(=O)N(CC)CC(=O)N2c3ccc(Br)cc3C[C@@H]2C)cc1Cl. The third-order valence-electron chi connectivity index (χ3n) is 5.03. The Bertz CT molecular complexity index is 1060. The summed E-state index contributed by atoms with van der Waals surface area (Å²) >= 11 is 9.63. The summed E-state index contributed by atoms with van der Waals surface area (Å²) < 4.78 is 33.8. The maximum atomic E-state index is 13.2. The molecule has 6 nitrogen and oxygen atoms in total. The van der Waals surface area contributed by atoms with Crippen LogP contribution in [0.15, 0.2) is 45.8 Å². The summed E-state index contributed by atoms with van der Waals surface area (Å²) in [5, 5.41) is 0.216. The molecule has 30 heavy (non-hydrogen) atoms. The van der Waals surface area contributed by atoms with Crippen LogP contribution >= 0.6 is 27.5 Å². The number of halogens is 2. The van der Waals surface area contributed by atoms with Crippen molar-refractivity contribution >= 4 is 49.1 Å². The lowest BCUT2D eigenvalue weighted by Crippen LogP contribution is -2.45. The molecule has 2 aromatic rings. The van der Waals surface area contributed by atoms with E-state index in [0.717, 1.165) is 22.1 Å². The van der Waals surface area contributed by atoms with E-state index < -0.39 is 10.0 Å². The van der Waals surface area contributed by atoms with E-state index in [2.05, 4.69) is 15.9 Å². The van der Waals surface area contributed by atoms with E-state index in [1.807, 2.05) is 32.0 Å². The molecule has 2 aromatic carbocycles. The summed E-state index contributed by atoms with van der Waals surface area (Å²) in [6.45, 7) is 5.83. The van der Waals surface area contributed by atoms with Crippen LogP contribution in [-0.2, 0) is 21.2 Å². The maximum Gasteiger partial charge on any atom is 0.243 e. The fraction of sp³-hybridized carbons (Fsp3) is 0.381. The molecule has 3 rings (SSSR count). The van der Waals surface area contributed by atoms with Crippen LogP contribution in [0.5, 0.6) is 5.75 Å². The van der Waals surface area contributed by atoms with E-state index in [9.17, 15) is 13.2 Å². The molecule has 0 unspecified atom stereocenters. The van der Waals surface area contributed by atoms with Crippen LogP contribution in [-0.4, -0.2) is 44.4 Å². The van der Waals surface area contributed by atoms with Gasteiger partial charge in [-0.25, -0.2) is 8.42 Å². The van der Waals surface area contributed by atoms with Crippen LogP contribution < -0.4 is 9.64 Å². The lowest BCUT2D eigenvalue weighted by atomic mass is 10.1. The van der Waals surface area contributed by atoms with Crippen molar-refractivity contribution in [2.24, 2.45) is 0 Å². The second kappa shape index (κ2) is 9.26. The number of carbonyl (C=O) groups is 1. The summed E-state index contributed by atoms with van der Waals surface area (Å²) in [7, 11) is -3.89. The van der Waals surface area contributed by atoms with Gasteiger partial charge in [0.25, 0.3) is 0 Å². The normalized spacial score (nSPS) is 16.1. The molecule has 0 aliphatic carbocycles. The molecule has 0 saturated heterocycles. The monoisotopic (exact) mass is 514 g/mol. The van der Waals surface area contributed by atoms with Crippen LogP contribution in [0, 0.1) is 0 Å². The molecule has 0 bridgehead atoms. The summed E-state index contributed by atoms with van der Waals surface area (Å²) in [5.74, 6) is 0.164. The van der Waals surface area contributed by atoms with E-state index in [1.54, 1.807) is 11.8 Å². The van der Waals surface area contributed by atoms with Gasteiger partial charge in [-0.1, -0.05) is 34.5 Å². The molecule has 162 valence electrons. The zero-order valence-corrected chi connectivity index (χ0v) is 20.2. The van der Waals surface area contributed by atoms with Gasteiger partial charge >= 0.3 is 0 Å². The largest absolute Gasteiger partial charge is 0.492 e. The quantitative estimate of drug-likeness (QED) is 0.545. The van der Waals surface area contributed by atoms with Gasteiger partial charge in [-0.15, -0.1) is 0 Å². The number of ether oxygens (including phenoxy) is 1. The molecular formula is C21H24BrClN2O4S. The van der Waals surface area contributed by atoms with Crippen LogP contribution in [0.25, 0.3) is 0 Å². The summed E-state index contributed by atoms with van der Waals surface area (Å²) in [4.78, 5) is 14.8. The van der Waals surface area contributed by atoms with Crippen LogP contribution in [0.1, 0.15) is 26.3 Å². The molecular weight excluding hydrogens is 492 g/mol. The summed E-state index contributed by atoms with van der Waals surface area (Å²) in [6, 6.07) is 10.1. The molecule has 1 amide bonds. The molecule has 0 saturated carbocycles. The van der Waals surface area contributed by atoms with E-state index in [-0.39, 0.29) is 35.0 Å². The number of likely N-dealkylation sites (N-methyl/N-ethyl adjacent to an activating group) is 1. The zero-order chi connectivity index (χ0) is 22.1.